The molecule has 0 amide bonds. The molecule has 0 bridgehead atoms. The van der Waals surface area contributed by atoms with Crippen molar-refractivity contribution in [1.82, 2.24) is 0 Å². The van der Waals surface area contributed by atoms with Crippen LogP contribution in [-0.2, 0) is 14.7 Å². The van der Waals surface area contributed by atoms with Crippen molar-refractivity contribution in [3.63, 3.8) is 0 Å². The highest BCUT2D eigenvalue weighted by Gasteiger charge is 2.06. The molecule has 0 fully saturated rings. The van der Waals surface area contributed by atoms with Crippen LogP contribution in [0.4, 0.5) is 0 Å². The summed E-state index contributed by atoms with van der Waals surface area (Å²) in [5.74, 6) is 0. The van der Waals surface area contributed by atoms with Gasteiger partial charge in [0.25, 0.3) is 0 Å². The lowest BCUT2D eigenvalue weighted by molar-refractivity contribution is 0.213. The fourth-order valence-corrected chi connectivity index (χ4v) is 1.76. The zero-order valence-electron chi connectivity index (χ0n) is 8.89. The molecule has 0 unspecified atom stereocenters. The lowest BCUT2D eigenvalue weighted by Gasteiger charge is -2.01. The first-order valence-electron chi connectivity index (χ1n) is 4.33. The number of nitrogens with zero attached hydrogens (tertiary/aromatic N) is 1. The van der Waals surface area contributed by atoms with Gasteiger partial charge in [0, 0.05) is 6.26 Å². The summed E-state index contributed by atoms with van der Waals surface area (Å²) in [5, 5.41) is 3.75. The van der Waals surface area contributed by atoms with E-state index in [1.165, 1.54) is 13.4 Å². The van der Waals surface area contributed by atoms with E-state index in [1.807, 2.05) is 0 Å². The predicted octanol–water partition coefficient (Wildman–Crippen LogP) is 1.46. The number of hydrogen-bond acceptors (Lipinski definition) is 4. The maximum absolute atomic E-state index is 11.2. The number of rotatable bonds is 3. The van der Waals surface area contributed by atoms with E-state index in [2.05, 4.69) is 9.99 Å². The van der Waals surface area contributed by atoms with E-state index >= 15 is 0 Å². The molecular weight excluding hydrogens is 214 g/mol. The van der Waals surface area contributed by atoms with Crippen LogP contribution in [-0.4, -0.2) is 27.5 Å². The molecule has 0 saturated carbocycles. The summed E-state index contributed by atoms with van der Waals surface area (Å²) in [7, 11) is -1.66. The van der Waals surface area contributed by atoms with Crippen molar-refractivity contribution in [2.24, 2.45) is 5.16 Å². The average Bonchev–Trinajstić information content (AvgIpc) is 2.17. The summed E-state index contributed by atoms with van der Waals surface area (Å²) >= 11 is 0. The maximum Gasteiger partial charge on any atom is 0.175 e. The van der Waals surface area contributed by atoms with Gasteiger partial charge in [0.15, 0.2) is 9.84 Å². The lowest BCUT2D eigenvalue weighted by Crippen LogP contribution is -1.99. The summed E-state index contributed by atoms with van der Waals surface area (Å²) < 4.78 is 22.4. The second-order valence-electron chi connectivity index (χ2n) is 3.16. The van der Waals surface area contributed by atoms with Gasteiger partial charge in [-0.25, -0.2) is 8.42 Å². The van der Waals surface area contributed by atoms with Gasteiger partial charge in [0.05, 0.1) is 10.6 Å². The van der Waals surface area contributed by atoms with E-state index in [-0.39, 0.29) is 0 Å². The van der Waals surface area contributed by atoms with Crippen LogP contribution in [0.3, 0.4) is 0 Å². The number of benzene rings is 1. The normalized spacial score (nSPS) is 12.6. The Morgan fingerprint density at radius 1 is 1.27 bits per heavy atom. The second-order valence-corrected chi connectivity index (χ2v) is 5.17. The quantitative estimate of drug-likeness (QED) is 0.580. The van der Waals surface area contributed by atoms with Crippen molar-refractivity contribution in [2.45, 2.75) is 11.8 Å². The minimum Gasteiger partial charge on any atom is -0.399 e. The first-order chi connectivity index (χ1) is 6.95. The van der Waals surface area contributed by atoms with Crippen molar-refractivity contribution >= 4 is 15.5 Å². The molecule has 0 saturated heterocycles. The van der Waals surface area contributed by atoms with Gasteiger partial charge in [-0.1, -0.05) is 17.3 Å². The van der Waals surface area contributed by atoms with E-state index in [4.69, 9.17) is 0 Å². The number of oxime groups is 1. The molecule has 1 rings (SSSR count). The Kier molecular flexibility index (Phi) is 3.47. The van der Waals surface area contributed by atoms with Gasteiger partial charge in [-0.05, 0) is 24.6 Å². The van der Waals surface area contributed by atoms with Crippen molar-refractivity contribution in [3.8, 4) is 0 Å². The molecular formula is C10H13NO3S. The van der Waals surface area contributed by atoms with Crippen molar-refractivity contribution in [2.75, 3.05) is 13.4 Å². The molecule has 0 aromatic heterocycles. The summed E-state index contributed by atoms with van der Waals surface area (Å²) in [6.45, 7) is 1.79. The molecule has 1 aromatic carbocycles. The van der Waals surface area contributed by atoms with Crippen molar-refractivity contribution in [1.29, 1.82) is 0 Å². The molecule has 0 radical (unpaired) electrons. The van der Waals surface area contributed by atoms with Crippen LogP contribution in [0.25, 0.3) is 0 Å². The predicted molar refractivity (Wildman–Crippen MR) is 58.8 cm³/mol. The van der Waals surface area contributed by atoms with E-state index < -0.39 is 9.84 Å². The summed E-state index contributed by atoms with van der Waals surface area (Å²) in [5.41, 5.74) is 1.54. The lowest BCUT2D eigenvalue weighted by atomic mass is 10.1. The van der Waals surface area contributed by atoms with Crippen molar-refractivity contribution < 1.29 is 13.3 Å². The summed E-state index contributed by atoms with van der Waals surface area (Å²) in [6.07, 6.45) is 1.18. The van der Waals surface area contributed by atoms with Crippen molar-refractivity contribution in [3.05, 3.63) is 29.8 Å². The molecule has 1 aromatic rings. The standard InChI is InChI=1S/C10H13NO3S/c1-8(11-14-2)9-4-6-10(7-5-9)15(3,12)13/h4-7H,1-3H3/b11-8+. The third-order valence-electron chi connectivity index (χ3n) is 1.93. The molecule has 0 spiro atoms. The zero-order valence-corrected chi connectivity index (χ0v) is 9.71. The molecule has 5 heteroatoms. The maximum atomic E-state index is 11.2. The highest BCUT2D eigenvalue weighted by atomic mass is 32.2. The highest BCUT2D eigenvalue weighted by Crippen LogP contribution is 2.11. The monoisotopic (exact) mass is 227 g/mol. The smallest absolute Gasteiger partial charge is 0.175 e. The fourth-order valence-electron chi connectivity index (χ4n) is 1.13. The van der Waals surface area contributed by atoms with Gasteiger partial charge in [-0.15, -0.1) is 0 Å². The van der Waals surface area contributed by atoms with Gasteiger partial charge < -0.3 is 4.84 Å². The SMILES string of the molecule is CO/N=C(\C)c1ccc(S(C)(=O)=O)cc1. The van der Waals surface area contributed by atoms with E-state index in [0.29, 0.717) is 10.6 Å². The van der Waals surface area contributed by atoms with Crippen LogP contribution in [0.1, 0.15) is 12.5 Å². The Morgan fingerprint density at radius 3 is 2.20 bits per heavy atom. The summed E-state index contributed by atoms with van der Waals surface area (Å²) in [6, 6.07) is 6.52. The van der Waals surface area contributed by atoms with E-state index in [1.54, 1.807) is 31.2 Å². The van der Waals surface area contributed by atoms with Crippen LogP contribution < -0.4 is 0 Å². The first-order valence-corrected chi connectivity index (χ1v) is 6.22. The second kappa shape index (κ2) is 4.44. The van der Waals surface area contributed by atoms with E-state index in [0.717, 1.165) is 5.56 Å². The molecule has 0 heterocycles. The topological polar surface area (TPSA) is 55.7 Å². The van der Waals surface area contributed by atoms with Crippen LogP contribution in [0.5, 0.6) is 0 Å². The minimum absolute atomic E-state index is 0.302. The zero-order chi connectivity index (χ0) is 11.5. The Morgan fingerprint density at radius 2 is 1.80 bits per heavy atom. The van der Waals surface area contributed by atoms with Gasteiger partial charge in [-0.3, -0.25) is 0 Å². The first kappa shape index (κ1) is 11.7. The fraction of sp³-hybridized carbons (Fsp3) is 0.300. The highest BCUT2D eigenvalue weighted by molar-refractivity contribution is 7.90. The third-order valence-corrected chi connectivity index (χ3v) is 3.06. The van der Waals surface area contributed by atoms with Crippen LogP contribution in [0.15, 0.2) is 34.3 Å². The molecule has 15 heavy (non-hydrogen) atoms. The van der Waals surface area contributed by atoms with Gasteiger partial charge in [0.2, 0.25) is 0 Å². The molecule has 4 nitrogen and oxygen atoms in total. The number of sulfone groups is 1. The Labute approximate surface area is 89.5 Å². The molecule has 82 valence electrons. The average molecular weight is 227 g/mol. The number of hydrogen-bond donors (Lipinski definition) is 0. The Balaban J connectivity index is 3.06. The van der Waals surface area contributed by atoms with Crippen LogP contribution in [0, 0.1) is 0 Å². The summed E-state index contributed by atoms with van der Waals surface area (Å²) in [4.78, 5) is 4.93. The molecule has 0 aliphatic rings. The minimum atomic E-state index is -3.13. The third kappa shape index (κ3) is 3.06. The van der Waals surface area contributed by atoms with Gasteiger partial charge in [-0.2, -0.15) is 0 Å². The molecule has 0 N–H and O–H groups in total. The van der Waals surface area contributed by atoms with Gasteiger partial charge in [0.1, 0.15) is 7.11 Å². The molecule has 0 aliphatic carbocycles. The molecule has 0 atom stereocenters. The molecule has 0 aliphatic heterocycles. The van der Waals surface area contributed by atoms with E-state index in [9.17, 15) is 8.42 Å². The Hall–Kier alpha value is -1.36. The van der Waals surface area contributed by atoms with Crippen LogP contribution in [0.2, 0.25) is 0 Å². The van der Waals surface area contributed by atoms with Crippen LogP contribution >= 0.6 is 0 Å². The Bertz CT molecular complexity index is 460. The largest absolute Gasteiger partial charge is 0.399 e. The van der Waals surface area contributed by atoms with Gasteiger partial charge >= 0.3 is 0 Å².